The summed E-state index contributed by atoms with van der Waals surface area (Å²) in [4.78, 5) is 13.0. The normalized spacial score (nSPS) is 12.2. The molecule has 0 fully saturated rings. The van der Waals surface area contributed by atoms with Gasteiger partial charge < -0.3 is 10.6 Å². The van der Waals surface area contributed by atoms with Crippen LogP contribution >= 0.6 is 11.3 Å². The van der Waals surface area contributed by atoms with E-state index in [1.54, 1.807) is 18.2 Å². The Morgan fingerprint density at radius 1 is 0.972 bits per heavy atom. The molecule has 1 heterocycles. The molecule has 0 atom stereocenters. The Labute approximate surface area is 213 Å². The molecule has 0 aliphatic carbocycles. The fourth-order valence-electron chi connectivity index (χ4n) is 3.31. The number of alkyl halides is 3. The van der Waals surface area contributed by atoms with Gasteiger partial charge in [0, 0.05) is 30.6 Å². The van der Waals surface area contributed by atoms with Gasteiger partial charge in [-0.05, 0) is 61.9 Å². The Kier molecular flexibility index (Phi) is 9.29. The maximum atomic E-state index is 12.9. The van der Waals surface area contributed by atoms with E-state index in [0.29, 0.717) is 30.6 Å². The molecule has 3 rings (SSSR count). The molecule has 36 heavy (non-hydrogen) atoms. The molecule has 0 spiro atoms. The van der Waals surface area contributed by atoms with E-state index in [4.69, 9.17) is 0 Å². The Morgan fingerprint density at radius 3 is 2.28 bits per heavy atom. The number of nitrogens with zero attached hydrogens (tertiary/aromatic N) is 1. The Hall–Kier alpha value is -2.73. The molecule has 0 aliphatic heterocycles. The smallest absolute Gasteiger partial charge is 0.347 e. The second kappa shape index (κ2) is 12.0. The number of carbonyl (C=O) groups is 1. The number of halogens is 3. The second-order valence-corrected chi connectivity index (χ2v) is 11.8. The fourth-order valence-corrected chi connectivity index (χ4v) is 6.03. The van der Waals surface area contributed by atoms with E-state index < -0.39 is 21.8 Å². The number of hydrogen-bond donors (Lipinski definition) is 2. The first kappa shape index (κ1) is 27.9. The van der Waals surface area contributed by atoms with Gasteiger partial charge in [0.2, 0.25) is 0 Å². The average molecular weight is 540 g/mol. The molecule has 1 amide bonds. The van der Waals surface area contributed by atoms with Crippen molar-refractivity contribution in [3.63, 3.8) is 0 Å². The van der Waals surface area contributed by atoms with Gasteiger partial charge in [-0.25, -0.2) is 12.7 Å². The quantitative estimate of drug-likeness (QED) is 0.343. The summed E-state index contributed by atoms with van der Waals surface area (Å²) in [6, 6.07) is 15.3. The predicted octanol–water partition coefficient (Wildman–Crippen LogP) is 4.81. The van der Waals surface area contributed by atoms with Gasteiger partial charge in [-0.3, -0.25) is 4.79 Å². The van der Waals surface area contributed by atoms with Crippen LogP contribution in [0.3, 0.4) is 0 Å². The molecule has 1 aromatic heterocycles. The van der Waals surface area contributed by atoms with Crippen molar-refractivity contribution in [3.8, 4) is 0 Å². The number of aryl methyl sites for hydroxylation is 1. The van der Waals surface area contributed by atoms with Gasteiger partial charge in [0.25, 0.3) is 15.9 Å². The number of nitrogens with one attached hydrogen (secondary N) is 2. The summed E-state index contributed by atoms with van der Waals surface area (Å²) in [5.41, 5.74) is 1.61. The molecule has 6 nitrogen and oxygen atoms in total. The minimum atomic E-state index is -4.36. The summed E-state index contributed by atoms with van der Waals surface area (Å²) < 4.78 is 65.1. The molecule has 194 valence electrons. The SMILES string of the molecule is Cc1ccc(C(=O)NCc2ccc(S(=O)(=O)N(C)CCCNCc3ccc(C(F)(F)F)cc3)s2)cc1. The molecule has 0 saturated heterocycles. The third kappa shape index (κ3) is 7.63. The first-order valence-corrected chi connectivity index (χ1v) is 13.5. The van der Waals surface area contributed by atoms with E-state index in [1.165, 1.54) is 29.6 Å². The number of sulfonamides is 1. The van der Waals surface area contributed by atoms with Gasteiger partial charge in [0.05, 0.1) is 12.1 Å². The summed E-state index contributed by atoms with van der Waals surface area (Å²) >= 11 is 1.11. The van der Waals surface area contributed by atoms with Crippen LogP contribution in [0.25, 0.3) is 0 Å². The minimum absolute atomic E-state index is 0.197. The molecule has 11 heteroatoms. The maximum Gasteiger partial charge on any atom is 0.416 e. The zero-order valence-electron chi connectivity index (χ0n) is 19.9. The van der Waals surface area contributed by atoms with Crippen molar-refractivity contribution >= 4 is 27.3 Å². The van der Waals surface area contributed by atoms with Crippen molar-refractivity contribution in [2.75, 3.05) is 20.1 Å². The van der Waals surface area contributed by atoms with Crippen LogP contribution in [-0.2, 0) is 29.3 Å². The molecule has 0 saturated carbocycles. The van der Waals surface area contributed by atoms with Crippen molar-refractivity contribution in [2.45, 2.75) is 36.8 Å². The highest BCUT2D eigenvalue weighted by Gasteiger charge is 2.29. The monoisotopic (exact) mass is 539 g/mol. The zero-order valence-corrected chi connectivity index (χ0v) is 21.6. The maximum absolute atomic E-state index is 12.9. The predicted molar refractivity (Wildman–Crippen MR) is 134 cm³/mol. The third-order valence-corrected chi connectivity index (χ3v) is 8.88. The Morgan fingerprint density at radius 2 is 1.64 bits per heavy atom. The number of thiophene rings is 1. The first-order valence-electron chi connectivity index (χ1n) is 11.2. The van der Waals surface area contributed by atoms with Crippen molar-refractivity contribution < 1.29 is 26.4 Å². The van der Waals surface area contributed by atoms with Gasteiger partial charge in [-0.15, -0.1) is 11.3 Å². The number of amides is 1. The molecule has 2 N–H and O–H groups in total. The minimum Gasteiger partial charge on any atom is -0.347 e. The topological polar surface area (TPSA) is 78.5 Å². The second-order valence-electron chi connectivity index (χ2n) is 8.32. The van der Waals surface area contributed by atoms with Crippen molar-refractivity contribution in [2.24, 2.45) is 0 Å². The lowest BCUT2D eigenvalue weighted by molar-refractivity contribution is -0.137. The van der Waals surface area contributed by atoms with Crippen LogP contribution in [0.15, 0.2) is 64.9 Å². The van der Waals surface area contributed by atoms with Crippen LogP contribution in [0.5, 0.6) is 0 Å². The van der Waals surface area contributed by atoms with Gasteiger partial charge in [-0.2, -0.15) is 13.2 Å². The Balaban J connectivity index is 1.43. The molecule has 0 unspecified atom stereocenters. The molecule has 0 radical (unpaired) electrons. The van der Waals surface area contributed by atoms with Crippen LogP contribution in [-0.4, -0.2) is 38.8 Å². The van der Waals surface area contributed by atoms with Crippen LogP contribution in [0.4, 0.5) is 13.2 Å². The summed E-state index contributed by atoms with van der Waals surface area (Å²) in [5, 5.41) is 5.91. The lowest BCUT2D eigenvalue weighted by atomic mass is 10.1. The lowest BCUT2D eigenvalue weighted by Crippen LogP contribution is -2.29. The summed E-state index contributed by atoms with van der Waals surface area (Å²) in [7, 11) is -2.16. The first-order chi connectivity index (χ1) is 17.0. The lowest BCUT2D eigenvalue weighted by Gasteiger charge is -2.16. The van der Waals surface area contributed by atoms with Gasteiger partial charge >= 0.3 is 6.18 Å². The summed E-state index contributed by atoms with van der Waals surface area (Å²) in [5.74, 6) is -0.228. The van der Waals surface area contributed by atoms with Crippen LogP contribution in [0.2, 0.25) is 0 Å². The fraction of sp³-hybridized carbons (Fsp3) is 0.320. The number of hydrogen-bond acceptors (Lipinski definition) is 5. The molecular formula is C25H28F3N3O3S2. The van der Waals surface area contributed by atoms with Crippen molar-refractivity contribution in [3.05, 3.63) is 87.8 Å². The molecule has 0 aliphatic rings. The zero-order chi connectivity index (χ0) is 26.3. The average Bonchev–Trinajstić information content (AvgIpc) is 3.32. The standard InChI is InChI=1S/C25H28F3N3O3S2/c1-18-4-8-20(9-5-18)24(32)30-17-22-12-13-23(35-22)36(33,34)31(2)15-3-14-29-16-19-6-10-21(11-7-19)25(26,27)28/h4-13,29H,3,14-17H2,1-2H3,(H,30,32). The molecule has 3 aromatic rings. The Bertz CT molecular complexity index is 1260. The van der Waals surface area contributed by atoms with Crippen LogP contribution in [0, 0.1) is 6.92 Å². The molecular weight excluding hydrogens is 511 g/mol. The largest absolute Gasteiger partial charge is 0.416 e. The highest BCUT2D eigenvalue weighted by molar-refractivity contribution is 7.91. The van der Waals surface area contributed by atoms with E-state index in [2.05, 4.69) is 10.6 Å². The van der Waals surface area contributed by atoms with Crippen LogP contribution in [0.1, 0.15) is 38.3 Å². The number of carbonyl (C=O) groups excluding carboxylic acids is 1. The van der Waals surface area contributed by atoms with E-state index in [9.17, 15) is 26.4 Å². The van der Waals surface area contributed by atoms with Gasteiger partial charge in [-0.1, -0.05) is 29.8 Å². The van der Waals surface area contributed by atoms with Crippen molar-refractivity contribution in [1.82, 2.24) is 14.9 Å². The van der Waals surface area contributed by atoms with Gasteiger partial charge in [0.15, 0.2) is 0 Å². The van der Waals surface area contributed by atoms with Gasteiger partial charge in [0.1, 0.15) is 4.21 Å². The van der Waals surface area contributed by atoms with E-state index in [0.717, 1.165) is 33.9 Å². The van der Waals surface area contributed by atoms with E-state index in [-0.39, 0.29) is 23.2 Å². The highest BCUT2D eigenvalue weighted by atomic mass is 32.2. The summed E-state index contributed by atoms with van der Waals surface area (Å²) in [6.45, 7) is 3.33. The molecule has 2 aromatic carbocycles. The number of benzene rings is 2. The highest BCUT2D eigenvalue weighted by Crippen LogP contribution is 2.29. The van der Waals surface area contributed by atoms with Crippen LogP contribution < -0.4 is 10.6 Å². The van der Waals surface area contributed by atoms with E-state index in [1.807, 2.05) is 19.1 Å². The number of rotatable bonds is 11. The van der Waals surface area contributed by atoms with E-state index >= 15 is 0 Å². The van der Waals surface area contributed by atoms with Crippen molar-refractivity contribution in [1.29, 1.82) is 0 Å². The molecule has 0 bridgehead atoms. The summed E-state index contributed by atoms with van der Waals surface area (Å²) in [6.07, 6.45) is -3.83. The third-order valence-electron chi connectivity index (χ3n) is 5.48.